The van der Waals surface area contributed by atoms with Crippen molar-refractivity contribution in [3.05, 3.63) is 12.7 Å². The molecule has 0 atom stereocenters. The summed E-state index contributed by atoms with van der Waals surface area (Å²) in [7, 11) is 0. The number of nitrogens with one attached hydrogen (secondary N) is 4. The lowest BCUT2D eigenvalue weighted by atomic mass is 9.92. The maximum Gasteiger partial charge on any atom is 0.227 e. The van der Waals surface area contributed by atoms with Crippen molar-refractivity contribution in [3.8, 4) is 0 Å². The number of rotatable bonds is 22. The number of anilines is 4. The Balaban J connectivity index is 0.000000330. The van der Waals surface area contributed by atoms with Gasteiger partial charge in [-0.25, -0.2) is 9.97 Å². The molecule has 4 saturated carbocycles. The molecule has 18 heteroatoms. The lowest BCUT2D eigenvalue weighted by Gasteiger charge is -2.27. The summed E-state index contributed by atoms with van der Waals surface area (Å²) in [5, 5.41) is 14.4. The molecule has 376 valence electrons. The molecular formula is C48H86Cl4N14. The first-order valence-electron chi connectivity index (χ1n) is 25.5. The van der Waals surface area contributed by atoms with Gasteiger partial charge < -0.3 is 41.9 Å². The van der Waals surface area contributed by atoms with E-state index in [-0.39, 0.29) is 49.6 Å². The first-order chi connectivity index (χ1) is 30.5. The fourth-order valence-electron chi connectivity index (χ4n) is 10.2. The number of fused-ring (bicyclic) bond motifs is 2. The van der Waals surface area contributed by atoms with Gasteiger partial charge in [0.15, 0.2) is 34.0 Å². The lowest BCUT2D eigenvalue weighted by molar-refractivity contribution is 0.410. The van der Waals surface area contributed by atoms with Crippen LogP contribution in [0.4, 0.5) is 23.5 Å². The molecule has 8 rings (SSSR count). The van der Waals surface area contributed by atoms with Gasteiger partial charge in [-0.3, -0.25) is 0 Å². The minimum Gasteiger partial charge on any atom is -0.368 e. The quantitative estimate of drug-likeness (QED) is 0.0410. The molecule has 0 radical (unpaired) electrons. The normalized spacial score (nSPS) is 20.9. The summed E-state index contributed by atoms with van der Waals surface area (Å²) < 4.78 is 4.59. The highest BCUT2D eigenvalue weighted by Crippen LogP contribution is 2.35. The number of imidazole rings is 2. The molecule has 4 heterocycles. The van der Waals surface area contributed by atoms with Gasteiger partial charge in [0.2, 0.25) is 11.9 Å². The van der Waals surface area contributed by atoms with Gasteiger partial charge in [0, 0.05) is 49.3 Å². The Morgan fingerprint density at radius 1 is 0.470 bits per heavy atom. The van der Waals surface area contributed by atoms with Gasteiger partial charge in [0.1, 0.15) is 0 Å². The molecule has 0 amide bonds. The minimum absolute atomic E-state index is 0. The Kier molecular flexibility index (Phi) is 26.9. The van der Waals surface area contributed by atoms with Crippen LogP contribution >= 0.6 is 49.6 Å². The standard InChI is InChI=1S/2C24H41N7.4ClH/c2*1-2-3-4-5-6-9-16-26-22-21-23(31(17-27-21)20-10-7-8-11-20)30-24(29-22)28-19-14-12-18(25)13-15-19;;;;/h2*17-20H,2-16,25H2,1H3,(H2,26,28,29,30);4*1H/t18-,19-;;;;;. The van der Waals surface area contributed by atoms with Crippen molar-refractivity contribution in [2.45, 2.75) is 230 Å². The predicted octanol–water partition coefficient (Wildman–Crippen LogP) is 12.5. The molecule has 4 aromatic rings. The zero-order valence-corrected chi connectivity index (χ0v) is 43.5. The van der Waals surface area contributed by atoms with E-state index >= 15 is 0 Å². The smallest absolute Gasteiger partial charge is 0.227 e. The molecule has 0 aliphatic heterocycles. The second kappa shape index (κ2) is 30.8. The molecule has 4 aliphatic carbocycles. The molecule has 4 aliphatic rings. The second-order valence-corrected chi connectivity index (χ2v) is 19.2. The Labute approximate surface area is 420 Å². The van der Waals surface area contributed by atoms with E-state index in [1.807, 2.05) is 12.7 Å². The Hall–Kier alpha value is -2.62. The van der Waals surface area contributed by atoms with Crippen molar-refractivity contribution < 1.29 is 0 Å². The number of nitrogens with two attached hydrogens (primary N) is 2. The number of aromatic nitrogens is 8. The molecule has 4 fully saturated rings. The van der Waals surface area contributed by atoms with Crippen molar-refractivity contribution >= 4 is 95.5 Å². The number of hydrogen-bond acceptors (Lipinski definition) is 12. The zero-order chi connectivity index (χ0) is 42.9. The molecule has 66 heavy (non-hydrogen) atoms. The number of nitrogens with zero attached hydrogens (tertiary/aromatic N) is 8. The summed E-state index contributed by atoms with van der Waals surface area (Å²) in [5.74, 6) is 3.23. The highest BCUT2D eigenvalue weighted by Gasteiger charge is 2.26. The van der Waals surface area contributed by atoms with Crippen LogP contribution in [0.1, 0.15) is 206 Å². The van der Waals surface area contributed by atoms with Crippen molar-refractivity contribution in [1.82, 2.24) is 39.0 Å². The summed E-state index contributed by atoms with van der Waals surface area (Å²) in [4.78, 5) is 29.1. The third kappa shape index (κ3) is 16.8. The van der Waals surface area contributed by atoms with Gasteiger partial charge in [-0.1, -0.05) is 104 Å². The molecular weight excluding hydrogens is 914 g/mol. The van der Waals surface area contributed by atoms with Gasteiger partial charge in [-0.15, -0.1) is 49.6 Å². The van der Waals surface area contributed by atoms with Crippen LogP contribution in [0.15, 0.2) is 12.7 Å². The van der Waals surface area contributed by atoms with Crippen LogP contribution in [-0.2, 0) is 0 Å². The second-order valence-electron chi connectivity index (χ2n) is 19.2. The van der Waals surface area contributed by atoms with E-state index in [2.05, 4.69) is 44.2 Å². The fraction of sp³-hybridized carbons (Fsp3) is 0.792. The molecule has 4 aromatic heterocycles. The van der Waals surface area contributed by atoms with Gasteiger partial charge in [0.25, 0.3) is 0 Å². The van der Waals surface area contributed by atoms with Crippen molar-refractivity contribution in [2.24, 2.45) is 11.5 Å². The van der Waals surface area contributed by atoms with E-state index < -0.39 is 0 Å². The molecule has 0 aromatic carbocycles. The summed E-state index contributed by atoms with van der Waals surface area (Å²) >= 11 is 0. The Morgan fingerprint density at radius 3 is 1.18 bits per heavy atom. The van der Waals surface area contributed by atoms with Crippen LogP contribution in [0, 0.1) is 0 Å². The van der Waals surface area contributed by atoms with Crippen LogP contribution in [0.3, 0.4) is 0 Å². The minimum atomic E-state index is 0. The Bertz CT molecular complexity index is 1760. The molecule has 8 N–H and O–H groups in total. The van der Waals surface area contributed by atoms with E-state index in [1.165, 1.54) is 128 Å². The average molecular weight is 1000 g/mol. The van der Waals surface area contributed by atoms with Gasteiger partial charge in [0.05, 0.1) is 12.7 Å². The van der Waals surface area contributed by atoms with Crippen LogP contribution in [0.25, 0.3) is 22.3 Å². The Morgan fingerprint density at radius 2 is 0.818 bits per heavy atom. The number of halogens is 4. The highest BCUT2D eigenvalue weighted by molar-refractivity contribution is 5.86. The van der Waals surface area contributed by atoms with Crippen LogP contribution < -0.4 is 32.7 Å². The summed E-state index contributed by atoms with van der Waals surface area (Å²) in [5.41, 5.74) is 16.0. The lowest BCUT2D eigenvalue weighted by Crippen LogP contribution is -2.33. The van der Waals surface area contributed by atoms with Crippen LogP contribution in [0.2, 0.25) is 0 Å². The predicted molar refractivity (Wildman–Crippen MR) is 286 cm³/mol. The fourth-order valence-corrected chi connectivity index (χ4v) is 10.2. The van der Waals surface area contributed by atoms with Gasteiger partial charge >= 0.3 is 0 Å². The zero-order valence-electron chi connectivity index (χ0n) is 40.2. The maximum absolute atomic E-state index is 6.09. The third-order valence-electron chi connectivity index (χ3n) is 14.1. The SMILES string of the molecule is CCCCCCCCNc1nc(NC2CCC(N)CC2)nc2c1ncn2C1CCCC1.CCCCCCCCNc1nc(N[C@H]2CC[C@H](N)CC2)nc2c1ncn2C1CCCC1.Cl.Cl.Cl.Cl. The monoisotopic (exact) mass is 999 g/mol. The van der Waals surface area contributed by atoms with E-state index in [1.54, 1.807) is 0 Å². The van der Waals surface area contributed by atoms with E-state index in [0.717, 1.165) is 110 Å². The maximum atomic E-state index is 6.09. The third-order valence-corrected chi connectivity index (χ3v) is 14.1. The number of unbranched alkanes of at least 4 members (excludes halogenated alkanes) is 10. The summed E-state index contributed by atoms with van der Waals surface area (Å²) in [6.07, 6.45) is 38.2. The highest BCUT2D eigenvalue weighted by atomic mass is 35.5. The summed E-state index contributed by atoms with van der Waals surface area (Å²) in [6.45, 7) is 6.40. The molecule has 0 spiro atoms. The van der Waals surface area contributed by atoms with E-state index in [4.69, 9.17) is 41.4 Å². The topological polar surface area (TPSA) is 187 Å². The molecule has 0 unspecified atom stereocenters. The van der Waals surface area contributed by atoms with E-state index in [9.17, 15) is 0 Å². The molecule has 0 bridgehead atoms. The molecule has 14 nitrogen and oxygen atoms in total. The van der Waals surface area contributed by atoms with Crippen molar-refractivity contribution in [2.75, 3.05) is 34.4 Å². The first-order valence-corrected chi connectivity index (χ1v) is 25.5. The number of hydrogen-bond donors (Lipinski definition) is 6. The summed E-state index contributed by atoms with van der Waals surface area (Å²) in [6, 6.07) is 2.55. The van der Waals surface area contributed by atoms with Crippen molar-refractivity contribution in [3.63, 3.8) is 0 Å². The first kappa shape index (κ1) is 57.7. The largest absolute Gasteiger partial charge is 0.368 e. The van der Waals surface area contributed by atoms with Crippen molar-refractivity contribution in [1.29, 1.82) is 0 Å². The van der Waals surface area contributed by atoms with Gasteiger partial charge in [-0.05, 0) is 89.9 Å². The van der Waals surface area contributed by atoms with E-state index in [0.29, 0.717) is 36.3 Å². The van der Waals surface area contributed by atoms with Crippen LogP contribution in [-0.4, -0.2) is 76.3 Å². The molecule has 0 saturated heterocycles. The van der Waals surface area contributed by atoms with Gasteiger partial charge in [-0.2, -0.15) is 19.9 Å². The van der Waals surface area contributed by atoms with Crippen LogP contribution in [0.5, 0.6) is 0 Å². The average Bonchev–Trinajstić information content (AvgIpc) is 4.13.